The molecule has 1 heterocycles. The topological polar surface area (TPSA) is 77.5 Å². The fraction of sp³-hybridized carbons (Fsp3) is 0.136. The first-order valence-electron chi connectivity index (χ1n) is 8.85. The first-order valence-corrected chi connectivity index (χ1v) is 9.73. The molecule has 148 valence electrons. The minimum atomic E-state index is -0.460. The maximum Gasteiger partial charge on any atom is 0.337 e. The number of rotatable bonds is 7. The number of amides is 1. The summed E-state index contributed by atoms with van der Waals surface area (Å²) in [5, 5.41) is 5.68. The van der Waals surface area contributed by atoms with Crippen LogP contribution in [0.2, 0.25) is 0 Å². The Morgan fingerprint density at radius 2 is 2.00 bits per heavy atom. The van der Waals surface area contributed by atoms with E-state index in [1.807, 2.05) is 36.6 Å². The van der Waals surface area contributed by atoms with Crippen LogP contribution in [-0.4, -0.2) is 24.0 Å². The van der Waals surface area contributed by atoms with E-state index >= 15 is 0 Å². The average molecular weight is 408 g/mol. The van der Waals surface area contributed by atoms with Crippen molar-refractivity contribution in [2.24, 2.45) is 0 Å². The fourth-order valence-corrected chi connectivity index (χ4v) is 3.16. The van der Waals surface area contributed by atoms with Gasteiger partial charge in [0, 0.05) is 22.7 Å². The average Bonchev–Trinajstić information content (AvgIpc) is 3.16. The monoisotopic (exact) mass is 408 g/mol. The summed E-state index contributed by atoms with van der Waals surface area (Å²) in [4.78, 5) is 28.2. The Hall–Kier alpha value is -3.45. The smallest absolute Gasteiger partial charge is 0.337 e. The number of thiazole rings is 1. The molecule has 1 amide bonds. The number of benzene rings is 2. The molecule has 3 rings (SSSR count). The Kier molecular flexibility index (Phi) is 6.76. The normalized spacial score (nSPS) is 10.7. The van der Waals surface area contributed by atoms with Gasteiger partial charge in [-0.05, 0) is 37.3 Å². The van der Waals surface area contributed by atoms with Crippen molar-refractivity contribution in [1.29, 1.82) is 0 Å². The molecule has 0 unspecified atom stereocenters. The predicted octanol–water partition coefficient (Wildman–Crippen LogP) is 4.47. The highest BCUT2D eigenvalue weighted by Crippen LogP contribution is 2.21. The molecule has 2 aromatic carbocycles. The summed E-state index contributed by atoms with van der Waals surface area (Å²) in [6.07, 6.45) is 3.10. The molecule has 0 aliphatic rings. The van der Waals surface area contributed by atoms with Crippen LogP contribution in [0, 0.1) is 6.92 Å². The van der Waals surface area contributed by atoms with Crippen LogP contribution in [0.4, 0.5) is 5.69 Å². The van der Waals surface area contributed by atoms with Gasteiger partial charge in [-0.2, -0.15) is 0 Å². The van der Waals surface area contributed by atoms with Crippen LogP contribution >= 0.6 is 11.3 Å². The second-order valence-electron chi connectivity index (χ2n) is 6.08. The van der Waals surface area contributed by atoms with Gasteiger partial charge in [0.15, 0.2) is 0 Å². The van der Waals surface area contributed by atoms with Gasteiger partial charge in [-0.3, -0.25) is 4.79 Å². The van der Waals surface area contributed by atoms with Crippen LogP contribution in [0.5, 0.6) is 5.75 Å². The molecule has 1 N–H and O–H groups in total. The van der Waals surface area contributed by atoms with Gasteiger partial charge in [0.05, 0.1) is 23.4 Å². The van der Waals surface area contributed by atoms with Crippen molar-refractivity contribution < 1.29 is 19.1 Å². The number of hydrogen-bond donors (Lipinski definition) is 1. The Morgan fingerprint density at radius 1 is 1.17 bits per heavy atom. The van der Waals surface area contributed by atoms with E-state index in [1.165, 1.54) is 13.2 Å². The van der Waals surface area contributed by atoms with Crippen LogP contribution in [0.15, 0.2) is 60.0 Å². The van der Waals surface area contributed by atoms with Crippen LogP contribution < -0.4 is 10.1 Å². The summed E-state index contributed by atoms with van der Waals surface area (Å²) in [6, 6.07) is 14.0. The summed E-state index contributed by atoms with van der Waals surface area (Å²) < 4.78 is 10.5. The number of aryl methyl sites for hydroxylation is 1. The molecule has 0 radical (unpaired) electrons. The van der Waals surface area contributed by atoms with Crippen molar-refractivity contribution in [2.45, 2.75) is 13.5 Å². The van der Waals surface area contributed by atoms with E-state index in [0.29, 0.717) is 23.6 Å². The van der Waals surface area contributed by atoms with Crippen molar-refractivity contribution in [1.82, 2.24) is 4.98 Å². The Bertz CT molecular complexity index is 1040. The van der Waals surface area contributed by atoms with Gasteiger partial charge in [0.1, 0.15) is 12.4 Å². The Morgan fingerprint density at radius 3 is 2.76 bits per heavy atom. The van der Waals surface area contributed by atoms with E-state index in [-0.39, 0.29) is 5.91 Å². The molecular weight excluding hydrogens is 388 g/mol. The zero-order chi connectivity index (χ0) is 20.6. The minimum Gasteiger partial charge on any atom is -0.487 e. The summed E-state index contributed by atoms with van der Waals surface area (Å²) in [7, 11) is 1.31. The van der Waals surface area contributed by atoms with Crippen LogP contribution in [0.1, 0.15) is 26.6 Å². The van der Waals surface area contributed by atoms with Gasteiger partial charge < -0.3 is 14.8 Å². The molecule has 0 fully saturated rings. The molecular formula is C22H20N2O4S. The number of nitrogens with one attached hydrogen (secondary N) is 1. The number of ether oxygens (including phenoxy) is 2. The van der Waals surface area contributed by atoms with Crippen molar-refractivity contribution in [2.75, 3.05) is 12.4 Å². The molecule has 0 atom stereocenters. The highest BCUT2D eigenvalue weighted by atomic mass is 32.1. The third-order valence-electron chi connectivity index (χ3n) is 3.93. The van der Waals surface area contributed by atoms with E-state index in [0.717, 1.165) is 16.3 Å². The quantitative estimate of drug-likeness (QED) is 0.461. The highest BCUT2D eigenvalue weighted by Gasteiger charge is 2.07. The molecule has 0 spiro atoms. The largest absolute Gasteiger partial charge is 0.487 e. The number of carbonyl (C=O) groups excluding carboxylic acids is 2. The van der Waals surface area contributed by atoms with Gasteiger partial charge in [-0.1, -0.05) is 24.3 Å². The molecule has 3 aromatic rings. The Labute approximate surface area is 172 Å². The van der Waals surface area contributed by atoms with Gasteiger partial charge in [0.25, 0.3) is 0 Å². The molecule has 7 heteroatoms. The van der Waals surface area contributed by atoms with Crippen LogP contribution in [-0.2, 0) is 16.1 Å². The molecule has 29 heavy (non-hydrogen) atoms. The number of methoxy groups -OCH3 is 1. The highest BCUT2D eigenvalue weighted by molar-refractivity contribution is 7.09. The van der Waals surface area contributed by atoms with E-state index < -0.39 is 5.97 Å². The second kappa shape index (κ2) is 9.66. The zero-order valence-corrected chi connectivity index (χ0v) is 16.9. The first-order chi connectivity index (χ1) is 14.0. The number of nitrogens with zero attached hydrogens (tertiary/aromatic N) is 1. The lowest BCUT2D eigenvalue weighted by Gasteiger charge is -2.08. The summed E-state index contributed by atoms with van der Waals surface area (Å²) in [5.74, 6) is -0.121. The number of para-hydroxylation sites is 1. The van der Waals surface area contributed by atoms with Crippen molar-refractivity contribution >= 4 is 35.0 Å². The molecule has 0 bridgehead atoms. The Balaban J connectivity index is 1.65. The third-order valence-corrected chi connectivity index (χ3v) is 4.75. The molecule has 6 nitrogen and oxygen atoms in total. The lowest BCUT2D eigenvalue weighted by Crippen LogP contribution is -2.09. The zero-order valence-electron chi connectivity index (χ0n) is 16.0. The van der Waals surface area contributed by atoms with Gasteiger partial charge in [-0.15, -0.1) is 11.3 Å². The standard InChI is InChI=1S/C22H20N2O4S/c1-15-23-19(14-29-15)13-28-20-9-4-3-6-16(20)10-11-21(25)24-18-8-5-7-17(12-18)22(26)27-2/h3-12,14H,13H2,1-2H3,(H,24,25)/b11-10+. The molecule has 1 aromatic heterocycles. The van der Waals surface area contributed by atoms with Gasteiger partial charge in [0.2, 0.25) is 5.91 Å². The van der Waals surface area contributed by atoms with E-state index in [2.05, 4.69) is 15.0 Å². The van der Waals surface area contributed by atoms with Crippen molar-refractivity contribution in [3.63, 3.8) is 0 Å². The van der Waals surface area contributed by atoms with E-state index in [1.54, 1.807) is 41.7 Å². The summed E-state index contributed by atoms with van der Waals surface area (Å²) in [5.41, 5.74) is 2.52. The lowest BCUT2D eigenvalue weighted by molar-refractivity contribution is -0.111. The van der Waals surface area contributed by atoms with Crippen molar-refractivity contribution in [3.8, 4) is 5.75 Å². The third kappa shape index (κ3) is 5.76. The number of carbonyl (C=O) groups is 2. The van der Waals surface area contributed by atoms with Gasteiger partial charge in [-0.25, -0.2) is 9.78 Å². The summed E-state index contributed by atoms with van der Waals surface area (Å²) >= 11 is 1.58. The molecule has 0 saturated carbocycles. The SMILES string of the molecule is COC(=O)c1cccc(NC(=O)/C=C/c2ccccc2OCc2csc(C)n2)c1. The van der Waals surface area contributed by atoms with Crippen LogP contribution in [0.25, 0.3) is 6.08 Å². The predicted molar refractivity (Wildman–Crippen MR) is 113 cm³/mol. The van der Waals surface area contributed by atoms with E-state index in [4.69, 9.17) is 4.74 Å². The van der Waals surface area contributed by atoms with Crippen LogP contribution in [0.3, 0.4) is 0 Å². The van der Waals surface area contributed by atoms with Gasteiger partial charge >= 0.3 is 5.97 Å². The fourth-order valence-electron chi connectivity index (χ4n) is 2.57. The molecule has 0 aliphatic heterocycles. The maximum atomic E-state index is 12.3. The molecule has 0 aliphatic carbocycles. The lowest BCUT2D eigenvalue weighted by atomic mass is 10.2. The first kappa shape index (κ1) is 20.3. The van der Waals surface area contributed by atoms with E-state index in [9.17, 15) is 9.59 Å². The summed E-state index contributed by atoms with van der Waals surface area (Å²) in [6.45, 7) is 2.31. The van der Waals surface area contributed by atoms with Crippen molar-refractivity contribution in [3.05, 3.63) is 81.8 Å². The maximum absolute atomic E-state index is 12.3. The number of esters is 1. The minimum absolute atomic E-state index is 0.322. The molecule has 0 saturated heterocycles. The second-order valence-corrected chi connectivity index (χ2v) is 7.14. The number of aromatic nitrogens is 1. The number of anilines is 1. The number of hydrogen-bond acceptors (Lipinski definition) is 6.